The largest absolute Gasteiger partial charge is 0.478 e. The molecule has 1 aromatic heterocycles. The fraction of sp³-hybridized carbons (Fsp3) is 0.312. The van der Waals surface area contributed by atoms with E-state index in [1.165, 1.54) is 23.5 Å². The Morgan fingerprint density at radius 1 is 1.18 bits per heavy atom. The number of nitrogens with one attached hydrogen (secondary N) is 1. The Balaban J connectivity index is 2.27. The molecular formula is C16H18N2O3S. The predicted octanol–water partition coefficient (Wildman–Crippen LogP) is 3.12. The summed E-state index contributed by atoms with van der Waals surface area (Å²) < 4.78 is 0. The normalized spacial score (nSPS) is 11.3. The van der Waals surface area contributed by atoms with Crippen molar-refractivity contribution in [3.05, 3.63) is 51.0 Å². The van der Waals surface area contributed by atoms with Crippen LogP contribution in [0.2, 0.25) is 0 Å². The quantitative estimate of drug-likeness (QED) is 0.907. The topological polar surface area (TPSA) is 79.3 Å². The zero-order valence-electron chi connectivity index (χ0n) is 12.9. The van der Waals surface area contributed by atoms with Crippen molar-refractivity contribution in [1.82, 2.24) is 10.3 Å². The van der Waals surface area contributed by atoms with Crippen LogP contribution in [-0.4, -0.2) is 22.0 Å². The van der Waals surface area contributed by atoms with Gasteiger partial charge in [0.2, 0.25) is 0 Å². The van der Waals surface area contributed by atoms with Gasteiger partial charge in [0, 0.05) is 16.6 Å². The third-order valence-corrected chi connectivity index (χ3v) is 4.45. The number of thiazole rings is 1. The highest BCUT2D eigenvalue weighted by Gasteiger charge is 2.27. The first-order valence-corrected chi connectivity index (χ1v) is 7.67. The SMILES string of the molecule is Cc1cc(C(=O)O)cc(C(=O)NC(C)(C)c2nc(C)cs2)c1. The van der Waals surface area contributed by atoms with Gasteiger partial charge in [-0.1, -0.05) is 0 Å². The van der Waals surface area contributed by atoms with E-state index < -0.39 is 11.5 Å². The molecule has 0 radical (unpaired) electrons. The second kappa shape index (κ2) is 5.88. The molecule has 1 heterocycles. The van der Waals surface area contributed by atoms with Gasteiger partial charge in [0.25, 0.3) is 5.91 Å². The monoisotopic (exact) mass is 318 g/mol. The highest BCUT2D eigenvalue weighted by Crippen LogP contribution is 2.24. The number of hydrogen-bond acceptors (Lipinski definition) is 4. The lowest BCUT2D eigenvalue weighted by molar-refractivity contribution is 0.0696. The van der Waals surface area contributed by atoms with Crippen molar-refractivity contribution in [2.45, 2.75) is 33.2 Å². The zero-order chi connectivity index (χ0) is 16.5. The maximum atomic E-state index is 12.4. The predicted molar refractivity (Wildman–Crippen MR) is 85.5 cm³/mol. The lowest BCUT2D eigenvalue weighted by Gasteiger charge is -2.24. The molecule has 22 heavy (non-hydrogen) atoms. The maximum Gasteiger partial charge on any atom is 0.335 e. The van der Waals surface area contributed by atoms with E-state index in [-0.39, 0.29) is 11.5 Å². The van der Waals surface area contributed by atoms with Gasteiger partial charge in [-0.3, -0.25) is 4.79 Å². The Hall–Kier alpha value is -2.21. The molecule has 0 fully saturated rings. The van der Waals surface area contributed by atoms with Crippen LogP contribution in [0.3, 0.4) is 0 Å². The third-order valence-electron chi connectivity index (χ3n) is 3.17. The molecule has 6 heteroatoms. The first kappa shape index (κ1) is 16.2. The molecule has 0 aliphatic carbocycles. The Morgan fingerprint density at radius 2 is 1.82 bits per heavy atom. The average molecular weight is 318 g/mol. The van der Waals surface area contributed by atoms with E-state index >= 15 is 0 Å². The average Bonchev–Trinajstić information content (AvgIpc) is 2.85. The minimum absolute atomic E-state index is 0.105. The molecule has 116 valence electrons. The molecule has 2 aromatic rings. The zero-order valence-corrected chi connectivity index (χ0v) is 13.7. The standard InChI is InChI=1S/C16H18N2O3S/c1-9-5-11(7-12(6-9)14(20)21)13(19)18-16(3,4)15-17-10(2)8-22-15/h5-8H,1-4H3,(H,18,19)(H,20,21). The van der Waals surface area contributed by atoms with E-state index in [4.69, 9.17) is 5.11 Å². The minimum Gasteiger partial charge on any atom is -0.478 e. The number of carbonyl (C=O) groups is 2. The number of carbonyl (C=O) groups excluding carboxylic acids is 1. The summed E-state index contributed by atoms with van der Waals surface area (Å²) in [6, 6.07) is 4.59. The van der Waals surface area contributed by atoms with Gasteiger partial charge >= 0.3 is 5.97 Å². The third kappa shape index (κ3) is 3.51. The van der Waals surface area contributed by atoms with E-state index in [0.29, 0.717) is 5.56 Å². The molecule has 0 spiro atoms. The first-order chi connectivity index (χ1) is 10.2. The molecule has 2 N–H and O–H groups in total. The van der Waals surface area contributed by atoms with E-state index in [2.05, 4.69) is 10.3 Å². The van der Waals surface area contributed by atoms with Crippen LogP contribution in [-0.2, 0) is 5.54 Å². The van der Waals surface area contributed by atoms with Gasteiger partial charge in [-0.05, 0) is 51.5 Å². The van der Waals surface area contributed by atoms with Gasteiger partial charge in [0.05, 0.1) is 11.1 Å². The molecular weight excluding hydrogens is 300 g/mol. The van der Waals surface area contributed by atoms with Gasteiger partial charge < -0.3 is 10.4 Å². The number of aromatic nitrogens is 1. The van der Waals surface area contributed by atoms with Crippen LogP contribution in [0.1, 0.15) is 50.8 Å². The summed E-state index contributed by atoms with van der Waals surface area (Å²) in [7, 11) is 0. The number of rotatable bonds is 4. The van der Waals surface area contributed by atoms with Crippen LogP contribution in [0.4, 0.5) is 0 Å². The second-order valence-electron chi connectivity index (χ2n) is 5.77. The number of aryl methyl sites for hydroxylation is 2. The Kier molecular flexibility index (Phi) is 4.32. The summed E-state index contributed by atoms with van der Waals surface area (Å²) in [5.41, 5.74) is 1.45. The molecule has 1 amide bonds. The van der Waals surface area contributed by atoms with Crippen molar-refractivity contribution >= 4 is 23.2 Å². The number of nitrogens with zero attached hydrogens (tertiary/aromatic N) is 1. The van der Waals surface area contributed by atoms with Gasteiger partial charge in [-0.15, -0.1) is 11.3 Å². The van der Waals surface area contributed by atoms with Gasteiger partial charge in [-0.2, -0.15) is 0 Å². The number of hydrogen-bond donors (Lipinski definition) is 2. The van der Waals surface area contributed by atoms with E-state index in [1.54, 1.807) is 13.0 Å². The van der Waals surface area contributed by atoms with Crippen molar-refractivity contribution in [2.24, 2.45) is 0 Å². The fourth-order valence-corrected chi connectivity index (χ4v) is 2.97. The molecule has 0 unspecified atom stereocenters. The van der Waals surface area contributed by atoms with Crippen molar-refractivity contribution < 1.29 is 14.7 Å². The number of amides is 1. The number of aromatic carboxylic acids is 1. The Bertz CT molecular complexity index is 735. The van der Waals surface area contributed by atoms with Crippen molar-refractivity contribution in [1.29, 1.82) is 0 Å². The van der Waals surface area contributed by atoms with Gasteiger partial charge in [0.15, 0.2) is 0 Å². The summed E-state index contributed by atoms with van der Waals surface area (Å²) in [4.78, 5) is 27.9. The fourth-order valence-electron chi connectivity index (χ4n) is 2.09. The molecule has 2 rings (SSSR count). The Morgan fingerprint density at radius 3 is 2.36 bits per heavy atom. The summed E-state index contributed by atoms with van der Waals surface area (Å²) in [5, 5.41) is 14.7. The van der Waals surface area contributed by atoms with Crippen molar-refractivity contribution in [3.8, 4) is 0 Å². The number of carboxylic acids is 1. The van der Waals surface area contributed by atoms with Crippen LogP contribution in [0.5, 0.6) is 0 Å². The second-order valence-corrected chi connectivity index (χ2v) is 6.62. The van der Waals surface area contributed by atoms with E-state index in [9.17, 15) is 9.59 Å². The van der Waals surface area contributed by atoms with Crippen LogP contribution >= 0.6 is 11.3 Å². The molecule has 0 saturated carbocycles. The molecule has 0 aliphatic rings. The molecule has 1 aromatic carbocycles. The van der Waals surface area contributed by atoms with Gasteiger partial charge in [-0.25, -0.2) is 9.78 Å². The lowest BCUT2D eigenvalue weighted by Crippen LogP contribution is -2.41. The van der Waals surface area contributed by atoms with Gasteiger partial charge in [0.1, 0.15) is 5.01 Å². The number of carboxylic acid groups (broad SMARTS) is 1. The smallest absolute Gasteiger partial charge is 0.335 e. The maximum absolute atomic E-state index is 12.4. The van der Waals surface area contributed by atoms with E-state index in [0.717, 1.165) is 16.3 Å². The molecule has 0 bridgehead atoms. The summed E-state index contributed by atoms with van der Waals surface area (Å²) >= 11 is 1.48. The summed E-state index contributed by atoms with van der Waals surface area (Å²) in [6.07, 6.45) is 0. The van der Waals surface area contributed by atoms with Crippen LogP contribution in [0, 0.1) is 13.8 Å². The van der Waals surface area contributed by atoms with Crippen LogP contribution < -0.4 is 5.32 Å². The molecule has 0 atom stereocenters. The van der Waals surface area contributed by atoms with Crippen LogP contribution in [0.25, 0.3) is 0 Å². The lowest BCUT2D eigenvalue weighted by atomic mass is 10.0. The van der Waals surface area contributed by atoms with Crippen molar-refractivity contribution in [2.75, 3.05) is 0 Å². The molecule has 0 saturated heterocycles. The molecule has 0 aliphatic heterocycles. The number of benzene rings is 1. The minimum atomic E-state index is -1.05. The van der Waals surface area contributed by atoms with Crippen molar-refractivity contribution in [3.63, 3.8) is 0 Å². The summed E-state index contributed by atoms with van der Waals surface area (Å²) in [6.45, 7) is 7.41. The molecule has 5 nitrogen and oxygen atoms in total. The highest BCUT2D eigenvalue weighted by molar-refractivity contribution is 7.09. The summed E-state index contributed by atoms with van der Waals surface area (Å²) in [5.74, 6) is -1.36. The Labute approximate surface area is 133 Å². The highest BCUT2D eigenvalue weighted by atomic mass is 32.1. The first-order valence-electron chi connectivity index (χ1n) is 6.79. The van der Waals surface area contributed by atoms with E-state index in [1.807, 2.05) is 26.2 Å². The van der Waals surface area contributed by atoms with Crippen LogP contribution in [0.15, 0.2) is 23.6 Å².